The van der Waals surface area contributed by atoms with Crippen LogP contribution < -0.4 is 0 Å². The molecule has 0 unspecified atom stereocenters. The highest BCUT2D eigenvalue weighted by Crippen LogP contribution is 2.24. The number of nitrogens with zero attached hydrogens (tertiary/aromatic N) is 5. The Balaban J connectivity index is 1.35. The van der Waals surface area contributed by atoms with Crippen LogP contribution in [0.2, 0.25) is 5.02 Å². The van der Waals surface area contributed by atoms with Gasteiger partial charge in [-0.2, -0.15) is 0 Å². The highest BCUT2D eigenvalue weighted by molar-refractivity contribution is 7.99. The van der Waals surface area contributed by atoms with E-state index in [1.807, 2.05) is 41.9 Å². The number of morpholine rings is 1. The number of ether oxygens (including phenoxy) is 1. The molecule has 28 heavy (non-hydrogen) atoms. The van der Waals surface area contributed by atoms with E-state index in [0.717, 1.165) is 59.1 Å². The van der Waals surface area contributed by atoms with E-state index >= 15 is 0 Å². The molecule has 0 N–H and O–H groups in total. The Labute approximate surface area is 173 Å². The number of aromatic nitrogens is 4. The van der Waals surface area contributed by atoms with Crippen molar-refractivity contribution in [3.63, 3.8) is 0 Å². The largest absolute Gasteiger partial charge is 0.375 e. The summed E-state index contributed by atoms with van der Waals surface area (Å²) in [6, 6.07) is 11.9. The average Bonchev–Trinajstić information content (AvgIpc) is 3.09. The van der Waals surface area contributed by atoms with Gasteiger partial charge in [0.15, 0.2) is 11.0 Å². The van der Waals surface area contributed by atoms with Gasteiger partial charge in [-0.3, -0.25) is 9.88 Å². The Hall–Kier alpha value is -1.93. The fraction of sp³-hybridized carbons (Fsp3) is 0.350. The van der Waals surface area contributed by atoms with E-state index in [4.69, 9.17) is 16.3 Å². The van der Waals surface area contributed by atoms with Gasteiger partial charge >= 0.3 is 0 Å². The summed E-state index contributed by atoms with van der Waals surface area (Å²) in [4.78, 5) is 6.45. The summed E-state index contributed by atoms with van der Waals surface area (Å²) in [7, 11) is 1.99. The number of halogens is 1. The molecule has 0 bridgehead atoms. The van der Waals surface area contributed by atoms with Crippen molar-refractivity contribution in [2.24, 2.45) is 7.05 Å². The van der Waals surface area contributed by atoms with Crippen molar-refractivity contribution in [1.29, 1.82) is 0 Å². The summed E-state index contributed by atoms with van der Waals surface area (Å²) in [5.41, 5.74) is 2.17. The van der Waals surface area contributed by atoms with Gasteiger partial charge in [0.25, 0.3) is 0 Å². The zero-order chi connectivity index (χ0) is 19.3. The zero-order valence-electron chi connectivity index (χ0n) is 15.7. The third-order valence-electron chi connectivity index (χ3n) is 4.75. The molecule has 146 valence electrons. The first-order chi connectivity index (χ1) is 13.7. The smallest absolute Gasteiger partial charge is 0.191 e. The van der Waals surface area contributed by atoms with Crippen LogP contribution >= 0.6 is 23.4 Å². The Kier molecular flexibility index (Phi) is 6.26. The van der Waals surface area contributed by atoms with Crippen LogP contribution in [0, 0.1) is 0 Å². The molecule has 2 aromatic heterocycles. The molecule has 3 aromatic rings. The fourth-order valence-corrected chi connectivity index (χ4v) is 4.36. The standard InChI is InChI=1S/C20H22ClN5OS/c1-25-19(15-6-8-22-9-7-15)23-24-20(25)28-14-17-13-26(10-11-27-17)12-16-4-2-3-5-18(16)21/h2-9,17H,10-14H2,1H3/t17-/m1/s1. The van der Waals surface area contributed by atoms with Crippen LogP contribution in [0.3, 0.4) is 0 Å². The molecule has 1 aliphatic heterocycles. The molecule has 1 fully saturated rings. The number of thioether (sulfide) groups is 1. The third kappa shape index (κ3) is 4.55. The normalized spacial score (nSPS) is 17.7. The molecule has 0 radical (unpaired) electrons. The van der Waals surface area contributed by atoms with Crippen LogP contribution in [0.1, 0.15) is 5.56 Å². The van der Waals surface area contributed by atoms with Crippen LogP contribution in [0.5, 0.6) is 0 Å². The van der Waals surface area contributed by atoms with Crippen molar-refractivity contribution in [2.75, 3.05) is 25.4 Å². The summed E-state index contributed by atoms with van der Waals surface area (Å²) in [6.45, 7) is 3.38. The molecule has 8 heteroatoms. The lowest BCUT2D eigenvalue weighted by atomic mass is 10.2. The number of pyridine rings is 1. The van der Waals surface area contributed by atoms with Crippen molar-refractivity contribution in [3.8, 4) is 11.4 Å². The molecule has 1 saturated heterocycles. The summed E-state index contributed by atoms with van der Waals surface area (Å²) in [6.07, 6.45) is 3.68. The van der Waals surface area contributed by atoms with Crippen molar-refractivity contribution >= 4 is 23.4 Å². The van der Waals surface area contributed by atoms with Crippen molar-refractivity contribution < 1.29 is 4.74 Å². The molecule has 0 aliphatic carbocycles. The van der Waals surface area contributed by atoms with Gasteiger partial charge in [0.05, 0.1) is 12.7 Å². The molecule has 1 atom stereocenters. The van der Waals surface area contributed by atoms with Gasteiger partial charge in [-0.1, -0.05) is 41.6 Å². The number of hydrogen-bond donors (Lipinski definition) is 0. The minimum absolute atomic E-state index is 0.155. The second-order valence-electron chi connectivity index (χ2n) is 6.73. The van der Waals surface area contributed by atoms with E-state index in [0.29, 0.717) is 0 Å². The number of benzene rings is 1. The van der Waals surface area contributed by atoms with Crippen LogP contribution in [0.15, 0.2) is 53.9 Å². The average molecular weight is 416 g/mol. The molecule has 0 saturated carbocycles. The summed E-state index contributed by atoms with van der Waals surface area (Å²) in [5, 5.41) is 10.4. The van der Waals surface area contributed by atoms with E-state index in [2.05, 4.69) is 26.1 Å². The lowest BCUT2D eigenvalue weighted by Gasteiger charge is -2.32. The quantitative estimate of drug-likeness (QED) is 0.574. The minimum Gasteiger partial charge on any atom is -0.375 e. The first-order valence-electron chi connectivity index (χ1n) is 9.20. The van der Waals surface area contributed by atoms with Crippen LogP contribution in [0.4, 0.5) is 0 Å². The summed E-state index contributed by atoms with van der Waals surface area (Å²) in [5.74, 6) is 1.68. The SMILES string of the molecule is Cn1c(SC[C@H]2CN(Cc3ccccc3Cl)CCO2)nnc1-c1ccncc1. The maximum atomic E-state index is 6.31. The summed E-state index contributed by atoms with van der Waals surface area (Å²) >= 11 is 7.98. The van der Waals surface area contributed by atoms with Crippen LogP contribution in [-0.2, 0) is 18.3 Å². The van der Waals surface area contributed by atoms with E-state index in [-0.39, 0.29) is 6.10 Å². The van der Waals surface area contributed by atoms with Gasteiger partial charge in [0.1, 0.15) is 0 Å². The number of rotatable bonds is 6. The molecular formula is C20H22ClN5OS. The Morgan fingerprint density at radius 3 is 2.82 bits per heavy atom. The molecule has 0 spiro atoms. The van der Waals surface area contributed by atoms with Gasteiger partial charge in [-0.25, -0.2) is 0 Å². The molecule has 0 amide bonds. The van der Waals surface area contributed by atoms with Gasteiger partial charge in [-0.15, -0.1) is 10.2 Å². The lowest BCUT2D eigenvalue weighted by molar-refractivity contribution is -0.0187. The highest BCUT2D eigenvalue weighted by atomic mass is 35.5. The maximum absolute atomic E-state index is 6.31. The fourth-order valence-electron chi connectivity index (χ4n) is 3.25. The second-order valence-corrected chi connectivity index (χ2v) is 8.13. The highest BCUT2D eigenvalue weighted by Gasteiger charge is 2.22. The Bertz CT molecular complexity index is 920. The first-order valence-corrected chi connectivity index (χ1v) is 10.6. The third-order valence-corrected chi connectivity index (χ3v) is 6.27. The van der Waals surface area contributed by atoms with E-state index < -0.39 is 0 Å². The van der Waals surface area contributed by atoms with E-state index in [1.165, 1.54) is 0 Å². The Morgan fingerprint density at radius 2 is 2.00 bits per heavy atom. The monoisotopic (exact) mass is 415 g/mol. The zero-order valence-corrected chi connectivity index (χ0v) is 17.2. The first kappa shape index (κ1) is 19.4. The van der Waals surface area contributed by atoms with E-state index in [1.54, 1.807) is 24.2 Å². The van der Waals surface area contributed by atoms with Gasteiger partial charge in [0.2, 0.25) is 0 Å². The second kappa shape index (κ2) is 9.05. The molecule has 6 nitrogen and oxygen atoms in total. The molecular weight excluding hydrogens is 394 g/mol. The number of hydrogen-bond acceptors (Lipinski definition) is 6. The van der Waals surface area contributed by atoms with Crippen molar-refractivity contribution in [3.05, 3.63) is 59.4 Å². The van der Waals surface area contributed by atoms with Gasteiger partial charge in [-0.05, 0) is 23.8 Å². The van der Waals surface area contributed by atoms with Gasteiger partial charge in [0, 0.05) is 55.4 Å². The lowest BCUT2D eigenvalue weighted by Crippen LogP contribution is -2.43. The van der Waals surface area contributed by atoms with Crippen LogP contribution in [0.25, 0.3) is 11.4 Å². The molecule has 4 rings (SSSR count). The van der Waals surface area contributed by atoms with Crippen molar-refractivity contribution in [2.45, 2.75) is 17.8 Å². The molecule has 3 heterocycles. The Morgan fingerprint density at radius 1 is 1.18 bits per heavy atom. The maximum Gasteiger partial charge on any atom is 0.191 e. The van der Waals surface area contributed by atoms with E-state index in [9.17, 15) is 0 Å². The minimum atomic E-state index is 0.155. The van der Waals surface area contributed by atoms with Crippen molar-refractivity contribution in [1.82, 2.24) is 24.6 Å². The summed E-state index contributed by atoms with van der Waals surface area (Å²) < 4.78 is 7.99. The molecule has 1 aliphatic rings. The topological polar surface area (TPSA) is 56.1 Å². The molecule has 1 aromatic carbocycles. The van der Waals surface area contributed by atoms with Crippen LogP contribution in [-0.4, -0.2) is 56.2 Å². The predicted octanol–water partition coefficient (Wildman–Crippen LogP) is 3.52. The predicted molar refractivity (Wildman–Crippen MR) is 111 cm³/mol. The van der Waals surface area contributed by atoms with Gasteiger partial charge < -0.3 is 9.30 Å².